The Balaban J connectivity index is 1.65. The maximum atomic E-state index is 4.28. The summed E-state index contributed by atoms with van der Waals surface area (Å²) in [5.41, 5.74) is 0.908. The van der Waals surface area contributed by atoms with E-state index in [0.717, 1.165) is 24.4 Å². The van der Waals surface area contributed by atoms with E-state index in [0.29, 0.717) is 12.0 Å². The fourth-order valence-corrected chi connectivity index (χ4v) is 3.51. The van der Waals surface area contributed by atoms with Gasteiger partial charge in [-0.1, -0.05) is 26.0 Å². The fraction of sp³-hybridized carbons (Fsp3) is 0.375. The molecule has 0 saturated heterocycles. The van der Waals surface area contributed by atoms with Crippen LogP contribution in [0.3, 0.4) is 0 Å². The second-order valence-electron chi connectivity index (χ2n) is 5.49. The highest BCUT2D eigenvalue weighted by atomic mass is 32.1. The first kappa shape index (κ1) is 14.2. The zero-order valence-corrected chi connectivity index (χ0v) is 13.2. The van der Waals surface area contributed by atoms with Gasteiger partial charge in [0.15, 0.2) is 5.65 Å². The molecule has 5 heteroatoms. The lowest BCUT2D eigenvalue weighted by Crippen LogP contribution is -2.27. The van der Waals surface area contributed by atoms with Crippen LogP contribution in [-0.4, -0.2) is 21.1 Å². The highest BCUT2D eigenvalue weighted by molar-refractivity contribution is 7.10. The van der Waals surface area contributed by atoms with Gasteiger partial charge in [-0.15, -0.1) is 21.5 Å². The zero-order chi connectivity index (χ0) is 14.7. The first-order valence-electron chi connectivity index (χ1n) is 7.31. The van der Waals surface area contributed by atoms with Gasteiger partial charge in [-0.2, -0.15) is 0 Å². The molecule has 0 aromatic carbocycles. The summed E-state index contributed by atoms with van der Waals surface area (Å²) >= 11 is 1.81. The van der Waals surface area contributed by atoms with Crippen molar-refractivity contribution in [3.05, 3.63) is 52.6 Å². The van der Waals surface area contributed by atoms with Gasteiger partial charge in [-0.25, -0.2) is 0 Å². The van der Waals surface area contributed by atoms with Crippen molar-refractivity contribution in [3.63, 3.8) is 0 Å². The van der Waals surface area contributed by atoms with Crippen molar-refractivity contribution in [1.29, 1.82) is 0 Å². The number of aromatic nitrogens is 3. The Morgan fingerprint density at radius 2 is 2.10 bits per heavy atom. The summed E-state index contributed by atoms with van der Waals surface area (Å²) in [4.78, 5) is 1.40. The molecule has 0 bridgehead atoms. The third kappa shape index (κ3) is 3.14. The average molecular weight is 300 g/mol. The van der Waals surface area contributed by atoms with E-state index in [4.69, 9.17) is 0 Å². The minimum absolute atomic E-state index is 0.407. The molecule has 3 aromatic heterocycles. The van der Waals surface area contributed by atoms with E-state index in [-0.39, 0.29) is 0 Å². The summed E-state index contributed by atoms with van der Waals surface area (Å²) in [5.74, 6) is 1.57. The van der Waals surface area contributed by atoms with Crippen LogP contribution in [0.25, 0.3) is 5.65 Å². The van der Waals surface area contributed by atoms with Crippen LogP contribution < -0.4 is 5.32 Å². The summed E-state index contributed by atoms with van der Waals surface area (Å²) in [5, 5.41) is 14.3. The smallest absolute Gasteiger partial charge is 0.160 e. The molecule has 0 fully saturated rings. The predicted octanol–water partition coefficient (Wildman–Crippen LogP) is 3.32. The Kier molecular flexibility index (Phi) is 4.31. The number of fused-ring (bicyclic) bond motifs is 1. The average Bonchev–Trinajstić information content (AvgIpc) is 3.13. The van der Waals surface area contributed by atoms with Crippen LogP contribution in [0.1, 0.15) is 30.6 Å². The Bertz CT molecular complexity index is 687. The number of nitrogens with one attached hydrogen (secondary N) is 1. The number of hydrogen-bond acceptors (Lipinski definition) is 4. The van der Waals surface area contributed by atoms with Crippen molar-refractivity contribution in [2.24, 2.45) is 5.92 Å². The molecule has 0 radical (unpaired) electrons. The van der Waals surface area contributed by atoms with E-state index < -0.39 is 0 Å². The summed E-state index contributed by atoms with van der Waals surface area (Å²) < 4.78 is 2.05. The first-order valence-corrected chi connectivity index (χ1v) is 8.19. The van der Waals surface area contributed by atoms with Crippen molar-refractivity contribution in [1.82, 2.24) is 19.9 Å². The molecule has 21 heavy (non-hydrogen) atoms. The topological polar surface area (TPSA) is 42.2 Å². The molecule has 1 atom stereocenters. The van der Waals surface area contributed by atoms with Gasteiger partial charge in [0.05, 0.1) is 0 Å². The third-order valence-corrected chi connectivity index (χ3v) is 4.57. The normalized spacial score (nSPS) is 13.1. The van der Waals surface area contributed by atoms with Crippen LogP contribution in [0, 0.1) is 5.92 Å². The molecule has 3 heterocycles. The van der Waals surface area contributed by atoms with Gasteiger partial charge >= 0.3 is 0 Å². The van der Waals surface area contributed by atoms with Gasteiger partial charge < -0.3 is 5.32 Å². The maximum absolute atomic E-state index is 4.28. The number of hydrogen-bond donors (Lipinski definition) is 1. The van der Waals surface area contributed by atoms with Crippen molar-refractivity contribution < 1.29 is 0 Å². The van der Waals surface area contributed by atoms with E-state index >= 15 is 0 Å². The minimum Gasteiger partial charge on any atom is -0.309 e. The van der Waals surface area contributed by atoms with Gasteiger partial charge in [0.1, 0.15) is 5.82 Å². The lowest BCUT2D eigenvalue weighted by molar-refractivity contribution is 0.418. The van der Waals surface area contributed by atoms with Crippen molar-refractivity contribution in [2.75, 3.05) is 6.54 Å². The molecule has 0 aliphatic rings. The summed E-state index contributed by atoms with van der Waals surface area (Å²) in [6.45, 7) is 5.41. The van der Waals surface area contributed by atoms with Gasteiger partial charge in [0.25, 0.3) is 0 Å². The van der Waals surface area contributed by atoms with Gasteiger partial charge in [-0.3, -0.25) is 4.40 Å². The lowest BCUT2D eigenvalue weighted by atomic mass is 10.0. The standard InChI is InChI=1S/C16H20N4S/c1-12(2)16(13-6-5-11-21-13)17-9-8-15-19-18-14-7-3-4-10-20(14)15/h3-7,10-12,16-17H,8-9H2,1-2H3. The Morgan fingerprint density at radius 1 is 1.19 bits per heavy atom. The van der Waals surface area contributed by atoms with E-state index in [1.54, 1.807) is 0 Å². The van der Waals surface area contributed by atoms with E-state index in [2.05, 4.69) is 51.3 Å². The molecule has 0 aliphatic carbocycles. The predicted molar refractivity (Wildman–Crippen MR) is 86.6 cm³/mol. The first-order chi connectivity index (χ1) is 10.3. The van der Waals surface area contributed by atoms with Crippen LogP contribution in [0.2, 0.25) is 0 Å². The molecule has 0 amide bonds. The SMILES string of the molecule is CC(C)C(NCCc1nnc2ccccn12)c1cccs1. The van der Waals surface area contributed by atoms with E-state index in [1.807, 2.05) is 35.7 Å². The molecule has 1 N–H and O–H groups in total. The third-order valence-electron chi connectivity index (χ3n) is 3.61. The molecule has 3 aromatic rings. The van der Waals surface area contributed by atoms with Gasteiger partial charge in [-0.05, 0) is 29.5 Å². The monoisotopic (exact) mass is 300 g/mol. The Hall–Kier alpha value is -1.72. The second kappa shape index (κ2) is 6.37. The Labute approximate surface area is 128 Å². The summed E-state index contributed by atoms with van der Waals surface area (Å²) in [6.07, 6.45) is 2.89. The largest absolute Gasteiger partial charge is 0.309 e. The lowest BCUT2D eigenvalue weighted by Gasteiger charge is -2.21. The van der Waals surface area contributed by atoms with Crippen LogP contribution in [0.4, 0.5) is 0 Å². The number of rotatable bonds is 6. The highest BCUT2D eigenvalue weighted by Crippen LogP contribution is 2.25. The van der Waals surface area contributed by atoms with Gasteiger partial charge in [0, 0.05) is 30.1 Å². The van der Waals surface area contributed by atoms with Crippen molar-refractivity contribution >= 4 is 17.0 Å². The molecule has 4 nitrogen and oxygen atoms in total. The number of thiophene rings is 1. The number of pyridine rings is 1. The van der Waals surface area contributed by atoms with Gasteiger partial charge in [0.2, 0.25) is 0 Å². The zero-order valence-electron chi connectivity index (χ0n) is 12.4. The summed E-state index contributed by atoms with van der Waals surface area (Å²) in [7, 11) is 0. The van der Waals surface area contributed by atoms with Crippen LogP contribution in [0.15, 0.2) is 41.9 Å². The molecule has 0 aliphatic heterocycles. The minimum atomic E-state index is 0.407. The molecular formula is C16H20N4S. The molecular weight excluding hydrogens is 280 g/mol. The van der Waals surface area contributed by atoms with E-state index in [1.165, 1.54) is 4.88 Å². The summed E-state index contributed by atoms with van der Waals surface area (Å²) in [6, 6.07) is 10.7. The fourth-order valence-electron chi connectivity index (χ4n) is 2.53. The maximum Gasteiger partial charge on any atom is 0.160 e. The van der Waals surface area contributed by atoms with Crippen LogP contribution in [0.5, 0.6) is 0 Å². The molecule has 3 rings (SSSR count). The van der Waals surface area contributed by atoms with Crippen LogP contribution in [-0.2, 0) is 6.42 Å². The Morgan fingerprint density at radius 3 is 2.86 bits per heavy atom. The quantitative estimate of drug-likeness (QED) is 0.759. The van der Waals surface area contributed by atoms with Crippen molar-refractivity contribution in [2.45, 2.75) is 26.3 Å². The van der Waals surface area contributed by atoms with Crippen molar-refractivity contribution in [3.8, 4) is 0 Å². The second-order valence-corrected chi connectivity index (χ2v) is 6.47. The molecule has 110 valence electrons. The molecule has 0 spiro atoms. The molecule has 1 unspecified atom stereocenters. The van der Waals surface area contributed by atoms with Crippen LogP contribution >= 0.6 is 11.3 Å². The highest BCUT2D eigenvalue weighted by Gasteiger charge is 2.16. The van der Waals surface area contributed by atoms with E-state index in [9.17, 15) is 0 Å². The number of nitrogens with zero attached hydrogens (tertiary/aromatic N) is 3. The molecule has 0 saturated carbocycles.